The third-order valence-corrected chi connectivity index (χ3v) is 5.00. The van der Waals surface area contributed by atoms with Gasteiger partial charge in [-0.15, -0.1) is 0 Å². The minimum Gasteiger partial charge on any atom is -0.378 e. The van der Waals surface area contributed by atoms with Crippen LogP contribution in [-0.2, 0) is 9.53 Å². The molecular weight excluding hydrogens is 304 g/mol. The van der Waals surface area contributed by atoms with E-state index in [1.165, 1.54) is 32.1 Å². The normalized spacial score (nSPS) is 20.6. The summed E-state index contributed by atoms with van der Waals surface area (Å²) >= 11 is 0. The molecule has 0 radical (unpaired) electrons. The average Bonchev–Trinajstić information content (AvgIpc) is 2.64. The van der Waals surface area contributed by atoms with Gasteiger partial charge in [0.05, 0.1) is 31.1 Å². The van der Waals surface area contributed by atoms with Crippen molar-refractivity contribution in [3.05, 3.63) is 18.3 Å². The highest BCUT2D eigenvalue weighted by Crippen LogP contribution is 2.27. The molecule has 1 unspecified atom stereocenters. The number of nitrogens with zero attached hydrogens (tertiary/aromatic N) is 2. The van der Waals surface area contributed by atoms with Crippen molar-refractivity contribution in [1.29, 1.82) is 0 Å². The fraction of sp³-hybridized carbons (Fsp3) is 0.667. The van der Waals surface area contributed by atoms with Gasteiger partial charge in [-0.25, -0.2) is 4.98 Å². The number of nitrogens with two attached hydrogens (primary N) is 1. The number of hydrogen-bond acceptors (Lipinski definition) is 5. The van der Waals surface area contributed by atoms with Crippen LogP contribution >= 0.6 is 0 Å². The van der Waals surface area contributed by atoms with E-state index in [1.807, 2.05) is 12.1 Å². The Morgan fingerprint density at radius 1 is 1.29 bits per heavy atom. The Morgan fingerprint density at radius 3 is 2.71 bits per heavy atom. The lowest BCUT2D eigenvalue weighted by Gasteiger charge is -2.27. The van der Waals surface area contributed by atoms with Crippen molar-refractivity contribution < 1.29 is 9.53 Å². The molecule has 2 fully saturated rings. The van der Waals surface area contributed by atoms with Crippen LogP contribution in [0, 0.1) is 5.92 Å². The van der Waals surface area contributed by atoms with Crippen LogP contribution in [0.15, 0.2) is 18.3 Å². The number of pyridine rings is 1. The minimum atomic E-state index is -0.438. The summed E-state index contributed by atoms with van der Waals surface area (Å²) < 4.78 is 5.35. The van der Waals surface area contributed by atoms with Gasteiger partial charge >= 0.3 is 0 Å². The molecule has 1 saturated heterocycles. The fourth-order valence-electron chi connectivity index (χ4n) is 3.56. The predicted molar refractivity (Wildman–Crippen MR) is 95.1 cm³/mol. The molecule has 2 aliphatic rings. The van der Waals surface area contributed by atoms with Crippen LogP contribution < -0.4 is 16.0 Å². The zero-order valence-electron chi connectivity index (χ0n) is 14.2. The molecule has 3 rings (SSSR count). The molecule has 1 atom stereocenters. The van der Waals surface area contributed by atoms with Crippen molar-refractivity contribution in [2.45, 2.75) is 44.6 Å². The first-order chi connectivity index (χ1) is 11.7. The van der Waals surface area contributed by atoms with Crippen molar-refractivity contribution in [3.8, 4) is 0 Å². The molecule has 6 heteroatoms. The Balaban J connectivity index is 1.50. The van der Waals surface area contributed by atoms with E-state index < -0.39 is 6.04 Å². The maximum Gasteiger partial charge on any atom is 0.241 e. The Morgan fingerprint density at radius 2 is 2.04 bits per heavy atom. The Kier molecular flexibility index (Phi) is 6.04. The lowest BCUT2D eigenvalue weighted by molar-refractivity contribution is -0.117. The van der Waals surface area contributed by atoms with Crippen LogP contribution in [0.4, 0.5) is 11.5 Å². The number of morpholine rings is 1. The number of nitrogens with one attached hydrogen (secondary N) is 1. The van der Waals surface area contributed by atoms with Crippen molar-refractivity contribution in [3.63, 3.8) is 0 Å². The van der Waals surface area contributed by atoms with Gasteiger partial charge in [0.15, 0.2) is 0 Å². The summed E-state index contributed by atoms with van der Waals surface area (Å²) in [4.78, 5) is 18.9. The highest BCUT2D eigenvalue weighted by Gasteiger charge is 2.21. The quantitative estimate of drug-likeness (QED) is 0.863. The summed E-state index contributed by atoms with van der Waals surface area (Å²) in [7, 11) is 0. The van der Waals surface area contributed by atoms with Crippen molar-refractivity contribution >= 4 is 17.4 Å². The molecule has 1 aromatic rings. The second-order valence-electron chi connectivity index (χ2n) is 6.84. The predicted octanol–water partition coefficient (Wildman–Crippen LogP) is 2.15. The molecule has 3 N–H and O–H groups in total. The van der Waals surface area contributed by atoms with Gasteiger partial charge in [0.25, 0.3) is 0 Å². The molecular formula is C18H28N4O2. The smallest absolute Gasteiger partial charge is 0.241 e. The fourth-order valence-corrected chi connectivity index (χ4v) is 3.56. The number of hydrogen-bond donors (Lipinski definition) is 2. The van der Waals surface area contributed by atoms with E-state index in [1.54, 1.807) is 6.20 Å². The maximum atomic E-state index is 12.3. The topological polar surface area (TPSA) is 80.5 Å². The van der Waals surface area contributed by atoms with Gasteiger partial charge in [0.1, 0.15) is 5.82 Å². The maximum absolute atomic E-state index is 12.3. The van der Waals surface area contributed by atoms with Crippen LogP contribution in [0.5, 0.6) is 0 Å². The standard InChI is InChI=1S/C18H28N4O2/c19-16(12-14-4-2-1-3-5-14)18(23)21-15-6-7-17(20-13-15)22-8-10-24-11-9-22/h6-7,13-14,16H,1-5,8-12,19H2,(H,21,23). The van der Waals surface area contributed by atoms with Crippen LogP contribution in [0.25, 0.3) is 0 Å². The van der Waals surface area contributed by atoms with E-state index >= 15 is 0 Å². The third-order valence-electron chi connectivity index (χ3n) is 5.00. The molecule has 6 nitrogen and oxygen atoms in total. The molecule has 1 saturated carbocycles. The van der Waals surface area contributed by atoms with Gasteiger partial charge in [0, 0.05) is 13.1 Å². The van der Waals surface area contributed by atoms with Gasteiger partial charge in [-0.3, -0.25) is 4.79 Å². The lowest BCUT2D eigenvalue weighted by Crippen LogP contribution is -2.38. The zero-order chi connectivity index (χ0) is 16.8. The molecule has 132 valence electrons. The first-order valence-corrected chi connectivity index (χ1v) is 9.07. The molecule has 1 amide bonds. The van der Waals surface area contributed by atoms with Crippen molar-refractivity contribution in [1.82, 2.24) is 4.98 Å². The Bertz CT molecular complexity index is 522. The van der Waals surface area contributed by atoms with E-state index in [2.05, 4.69) is 15.2 Å². The molecule has 1 aliphatic carbocycles. The minimum absolute atomic E-state index is 0.110. The van der Waals surface area contributed by atoms with Gasteiger partial charge in [-0.05, 0) is 24.5 Å². The SMILES string of the molecule is NC(CC1CCCCC1)C(=O)Nc1ccc(N2CCOCC2)nc1. The molecule has 0 bridgehead atoms. The number of carbonyl (C=O) groups excluding carboxylic acids is 1. The zero-order valence-corrected chi connectivity index (χ0v) is 14.2. The first-order valence-electron chi connectivity index (χ1n) is 9.07. The highest BCUT2D eigenvalue weighted by atomic mass is 16.5. The van der Waals surface area contributed by atoms with Crippen LogP contribution in [0.2, 0.25) is 0 Å². The summed E-state index contributed by atoms with van der Waals surface area (Å²) in [6.07, 6.45) is 8.76. The third kappa shape index (κ3) is 4.68. The molecule has 1 aliphatic heterocycles. The first kappa shape index (κ1) is 17.2. The molecule has 2 heterocycles. The highest BCUT2D eigenvalue weighted by molar-refractivity contribution is 5.94. The summed E-state index contributed by atoms with van der Waals surface area (Å²) in [5.74, 6) is 1.41. The van der Waals surface area contributed by atoms with Gasteiger partial charge in [-0.1, -0.05) is 32.1 Å². The number of ether oxygens (including phenoxy) is 1. The molecule has 1 aromatic heterocycles. The summed E-state index contributed by atoms with van der Waals surface area (Å²) in [6.45, 7) is 3.17. The number of amides is 1. The number of aromatic nitrogens is 1. The van der Waals surface area contributed by atoms with E-state index in [-0.39, 0.29) is 5.91 Å². The lowest BCUT2D eigenvalue weighted by atomic mass is 9.85. The van der Waals surface area contributed by atoms with Crippen LogP contribution in [0.1, 0.15) is 38.5 Å². The van der Waals surface area contributed by atoms with E-state index in [0.29, 0.717) is 11.6 Å². The number of anilines is 2. The van der Waals surface area contributed by atoms with E-state index in [4.69, 9.17) is 10.5 Å². The van der Waals surface area contributed by atoms with Crippen molar-refractivity contribution in [2.75, 3.05) is 36.5 Å². The number of carbonyl (C=O) groups is 1. The monoisotopic (exact) mass is 332 g/mol. The van der Waals surface area contributed by atoms with Crippen LogP contribution in [-0.4, -0.2) is 43.2 Å². The van der Waals surface area contributed by atoms with Gasteiger partial charge in [-0.2, -0.15) is 0 Å². The summed E-state index contributed by atoms with van der Waals surface area (Å²) in [5.41, 5.74) is 6.79. The summed E-state index contributed by atoms with van der Waals surface area (Å²) in [5, 5.41) is 2.89. The molecule has 24 heavy (non-hydrogen) atoms. The van der Waals surface area contributed by atoms with Crippen molar-refractivity contribution in [2.24, 2.45) is 11.7 Å². The second kappa shape index (κ2) is 8.44. The second-order valence-corrected chi connectivity index (χ2v) is 6.84. The molecule has 0 spiro atoms. The van der Waals surface area contributed by atoms with Gasteiger partial charge in [0.2, 0.25) is 5.91 Å². The number of rotatable bonds is 5. The van der Waals surface area contributed by atoms with E-state index in [0.717, 1.165) is 38.5 Å². The van der Waals surface area contributed by atoms with Crippen LogP contribution in [0.3, 0.4) is 0 Å². The largest absolute Gasteiger partial charge is 0.378 e. The molecule has 0 aromatic carbocycles. The Hall–Kier alpha value is -1.66. The average molecular weight is 332 g/mol. The summed E-state index contributed by atoms with van der Waals surface area (Å²) in [6, 6.07) is 3.39. The van der Waals surface area contributed by atoms with E-state index in [9.17, 15) is 4.79 Å². The van der Waals surface area contributed by atoms with Gasteiger partial charge < -0.3 is 20.7 Å². The Labute approximate surface area is 143 Å².